The smallest absolute Gasteiger partial charge is 0.323 e. The summed E-state index contributed by atoms with van der Waals surface area (Å²) in [5.41, 5.74) is -0.782. The van der Waals surface area contributed by atoms with E-state index in [0.29, 0.717) is 6.61 Å². The van der Waals surface area contributed by atoms with Gasteiger partial charge in [-0.3, -0.25) is 9.69 Å². The van der Waals surface area contributed by atoms with Crippen LogP contribution in [-0.4, -0.2) is 47.3 Å². The molecular weight excluding hydrogens is 194 g/mol. The summed E-state index contributed by atoms with van der Waals surface area (Å²) in [6, 6.07) is 0. The van der Waals surface area contributed by atoms with Gasteiger partial charge in [-0.25, -0.2) is 0 Å². The predicted molar refractivity (Wildman–Crippen MR) is 57.9 cm³/mol. The molecule has 1 rings (SSSR count). The Kier molecular flexibility index (Phi) is 4.11. The molecule has 0 aliphatic carbocycles. The van der Waals surface area contributed by atoms with E-state index in [2.05, 4.69) is 0 Å². The topological polar surface area (TPSA) is 49.8 Å². The molecule has 0 saturated carbocycles. The molecule has 4 nitrogen and oxygen atoms in total. The first kappa shape index (κ1) is 12.5. The number of aliphatic carboxylic acids is 1. The van der Waals surface area contributed by atoms with E-state index in [4.69, 9.17) is 9.84 Å². The molecule has 88 valence electrons. The summed E-state index contributed by atoms with van der Waals surface area (Å²) in [4.78, 5) is 13.1. The zero-order valence-corrected chi connectivity index (χ0v) is 9.82. The van der Waals surface area contributed by atoms with Crippen molar-refractivity contribution in [3.05, 3.63) is 0 Å². The van der Waals surface area contributed by atoms with Gasteiger partial charge in [0.05, 0.1) is 6.10 Å². The van der Waals surface area contributed by atoms with Crippen LogP contribution < -0.4 is 0 Å². The van der Waals surface area contributed by atoms with Crippen LogP contribution in [0.5, 0.6) is 0 Å². The number of nitrogens with zero attached hydrogens (tertiary/aromatic N) is 1. The molecule has 1 aliphatic heterocycles. The summed E-state index contributed by atoms with van der Waals surface area (Å²) in [5, 5.41) is 9.13. The predicted octanol–water partition coefficient (Wildman–Crippen LogP) is 1.35. The summed E-state index contributed by atoms with van der Waals surface area (Å²) in [6.07, 6.45) is 2.25. The Balaban J connectivity index is 2.59. The fourth-order valence-electron chi connectivity index (χ4n) is 1.95. The molecule has 1 N–H and O–H groups in total. The molecule has 1 saturated heterocycles. The monoisotopic (exact) mass is 215 g/mol. The number of carbonyl (C=O) groups is 1. The van der Waals surface area contributed by atoms with Crippen LogP contribution in [-0.2, 0) is 9.53 Å². The van der Waals surface area contributed by atoms with Crippen LogP contribution >= 0.6 is 0 Å². The Hall–Kier alpha value is -0.610. The molecule has 0 aromatic rings. The molecule has 1 atom stereocenters. The molecule has 0 radical (unpaired) electrons. The molecule has 1 aliphatic rings. The maximum Gasteiger partial charge on any atom is 0.323 e. The highest BCUT2D eigenvalue weighted by molar-refractivity contribution is 5.77. The Morgan fingerprint density at radius 1 is 1.60 bits per heavy atom. The third kappa shape index (κ3) is 2.92. The van der Waals surface area contributed by atoms with Gasteiger partial charge in [0.15, 0.2) is 0 Å². The van der Waals surface area contributed by atoms with Crippen LogP contribution in [0.2, 0.25) is 0 Å². The minimum absolute atomic E-state index is 0.197. The number of piperidine rings is 1. The molecule has 1 unspecified atom stereocenters. The largest absolute Gasteiger partial charge is 0.480 e. The van der Waals surface area contributed by atoms with Crippen molar-refractivity contribution in [2.75, 3.05) is 19.7 Å². The lowest BCUT2D eigenvalue weighted by Crippen LogP contribution is -2.55. The second-order valence-electron chi connectivity index (χ2n) is 4.53. The van der Waals surface area contributed by atoms with Crippen molar-refractivity contribution in [1.82, 2.24) is 4.90 Å². The lowest BCUT2D eigenvalue weighted by atomic mass is 9.98. The number of carboxylic acid groups (broad SMARTS) is 1. The summed E-state index contributed by atoms with van der Waals surface area (Å²) in [7, 11) is 0. The van der Waals surface area contributed by atoms with E-state index in [1.54, 1.807) is 13.8 Å². The highest BCUT2D eigenvalue weighted by Gasteiger charge is 2.37. The summed E-state index contributed by atoms with van der Waals surface area (Å²) < 4.78 is 5.55. The Bertz CT molecular complexity index is 226. The van der Waals surface area contributed by atoms with Crippen molar-refractivity contribution >= 4 is 5.97 Å². The van der Waals surface area contributed by atoms with Crippen LogP contribution in [0.1, 0.15) is 33.6 Å². The fourth-order valence-corrected chi connectivity index (χ4v) is 1.95. The van der Waals surface area contributed by atoms with E-state index in [1.807, 2.05) is 11.8 Å². The third-order valence-electron chi connectivity index (χ3n) is 3.09. The third-order valence-corrected chi connectivity index (χ3v) is 3.09. The molecule has 1 fully saturated rings. The number of hydrogen-bond acceptors (Lipinski definition) is 3. The molecule has 0 aromatic carbocycles. The van der Waals surface area contributed by atoms with Gasteiger partial charge in [-0.2, -0.15) is 0 Å². The zero-order valence-electron chi connectivity index (χ0n) is 9.82. The van der Waals surface area contributed by atoms with Crippen LogP contribution in [0.3, 0.4) is 0 Å². The quantitative estimate of drug-likeness (QED) is 0.769. The van der Waals surface area contributed by atoms with Gasteiger partial charge in [-0.05, 0) is 40.2 Å². The summed E-state index contributed by atoms with van der Waals surface area (Å²) >= 11 is 0. The SMILES string of the molecule is CCOC1CCCN(C(C)(C)C(=O)O)C1. The van der Waals surface area contributed by atoms with E-state index in [-0.39, 0.29) is 6.10 Å². The normalized spacial score (nSPS) is 24.1. The fraction of sp³-hybridized carbons (Fsp3) is 0.909. The van der Waals surface area contributed by atoms with Crippen LogP contribution in [0.15, 0.2) is 0 Å². The number of hydrogen-bond donors (Lipinski definition) is 1. The Morgan fingerprint density at radius 2 is 2.27 bits per heavy atom. The van der Waals surface area contributed by atoms with Gasteiger partial charge in [-0.15, -0.1) is 0 Å². The Morgan fingerprint density at radius 3 is 2.80 bits per heavy atom. The van der Waals surface area contributed by atoms with Gasteiger partial charge in [0, 0.05) is 13.2 Å². The lowest BCUT2D eigenvalue weighted by molar-refractivity contribution is -0.152. The van der Waals surface area contributed by atoms with E-state index in [9.17, 15) is 4.79 Å². The highest BCUT2D eigenvalue weighted by atomic mass is 16.5. The average molecular weight is 215 g/mol. The minimum Gasteiger partial charge on any atom is -0.480 e. The maximum absolute atomic E-state index is 11.1. The van der Waals surface area contributed by atoms with Crippen LogP contribution in [0.25, 0.3) is 0 Å². The molecular formula is C11H21NO3. The van der Waals surface area contributed by atoms with E-state index < -0.39 is 11.5 Å². The molecule has 0 amide bonds. The number of ether oxygens (including phenoxy) is 1. The summed E-state index contributed by atoms with van der Waals surface area (Å²) in [6.45, 7) is 7.76. The number of carboxylic acids is 1. The first-order chi connectivity index (χ1) is 6.98. The van der Waals surface area contributed by atoms with E-state index in [0.717, 1.165) is 25.9 Å². The van der Waals surface area contributed by atoms with E-state index >= 15 is 0 Å². The van der Waals surface area contributed by atoms with E-state index in [1.165, 1.54) is 0 Å². The van der Waals surface area contributed by atoms with Crippen LogP contribution in [0, 0.1) is 0 Å². The van der Waals surface area contributed by atoms with Crippen molar-refractivity contribution < 1.29 is 14.6 Å². The minimum atomic E-state index is -0.782. The standard InChI is InChI=1S/C11H21NO3/c1-4-15-9-6-5-7-12(8-9)11(2,3)10(13)14/h9H,4-8H2,1-3H3,(H,13,14). The van der Waals surface area contributed by atoms with Gasteiger partial charge in [0.25, 0.3) is 0 Å². The molecule has 15 heavy (non-hydrogen) atoms. The first-order valence-corrected chi connectivity index (χ1v) is 5.58. The first-order valence-electron chi connectivity index (χ1n) is 5.58. The van der Waals surface area contributed by atoms with Gasteiger partial charge >= 0.3 is 5.97 Å². The van der Waals surface area contributed by atoms with Gasteiger partial charge in [-0.1, -0.05) is 0 Å². The van der Waals surface area contributed by atoms with Crippen molar-refractivity contribution in [3.63, 3.8) is 0 Å². The zero-order chi connectivity index (χ0) is 11.5. The average Bonchev–Trinajstić information content (AvgIpc) is 2.18. The van der Waals surface area contributed by atoms with Crippen molar-refractivity contribution in [3.8, 4) is 0 Å². The molecule has 4 heteroatoms. The molecule has 0 aromatic heterocycles. The summed E-state index contributed by atoms with van der Waals surface area (Å²) in [5.74, 6) is -0.764. The van der Waals surface area contributed by atoms with Gasteiger partial charge in [0.1, 0.15) is 5.54 Å². The maximum atomic E-state index is 11.1. The second kappa shape index (κ2) is 4.94. The van der Waals surface area contributed by atoms with Crippen molar-refractivity contribution in [1.29, 1.82) is 0 Å². The van der Waals surface area contributed by atoms with Gasteiger partial charge in [0.2, 0.25) is 0 Å². The lowest BCUT2D eigenvalue weighted by Gasteiger charge is -2.40. The highest BCUT2D eigenvalue weighted by Crippen LogP contribution is 2.22. The van der Waals surface area contributed by atoms with Crippen LogP contribution in [0.4, 0.5) is 0 Å². The second-order valence-corrected chi connectivity index (χ2v) is 4.53. The number of likely N-dealkylation sites (tertiary alicyclic amines) is 1. The number of rotatable bonds is 4. The molecule has 1 heterocycles. The van der Waals surface area contributed by atoms with Crippen molar-refractivity contribution in [2.24, 2.45) is 0 Å². The molecule has 0 spiro atoms. The van der Waals surface area contributed by atoms with Crippen molar-refractivity contribution in [2.45, 2.75) is 45.3 Å². The van der Waals surface area contributed by atoms with Gasteiger partial charge < -0.3 is 9.84 Å². The Labute approximate surface area is 91.2 Å². The molecule has 0 bridgehead atoms.